The molecule has 0 spiro atoms. The van der Waals surface area contributed by atoms with Gasteiger partial charge in [0.15, 0.2) is 25.1 Å². The zero-order valence-corrected chi connectivity index (χ0v) is 15.9. The van der Waals surface area contributed by atoms with Crippen molar-refractivity contribution in [1.29, 1.82) is 0 Å². The third-order valence-corrected chi connectivity index (χ3v) is 4.27. The van der Waals surface area contributed by atoms with Gasteiger partial charge in [-0.1, -0.05) is 15.9 Å². The smallest absolute Gasteiger partial charge is 0.347 e. The number of amides is 1. The Hall–Kier alpha value is -2.87. The van der Waals surface area contributed by atoms with Crippen LogP contribution in [-0.2, 0) is 14.3 Å². The molecule has 140 valence electrons. The van der Waals surface area contributed by atoms with Gasteiger partial charge < -0.3 is 19.5 Å². The largest absolute Gasteiger partial charge is 0.482 e. The molecule has 27 heavy (non-hydrogen) atoms. The Bertz CT molecular complexity index is 880. The van der Waals surface area contributed by atoms with Gasteiger partial charge in [0, 0.05) is 10.0 Å². The Balaban J connectivity index is 1.55. The van der Waals surface area contributed by atoms with Gasteiger partial charge in [-0.3, -0.25) is 9.59 Å². The van der Waals surface area contributed by atoms with Gasteiger partial charge in [-0.15, -0.1) is 0 Å². The summed E-state index contributed by atoms with van der Waals surface area (Å²) in [6, 6.07) is 11.6. The van der Waals surface area contributed by atoms with E-state index < -0.39 is 24.5 Å². The SMILES string of the molecule is CC(Oc1ccc(Br)cc1)C(=O)OCC(=O)c1ccc2c(c1)NC(=O)CO2. The molecule has 0 saturated carbocycles. The summed E-state index contributed by atoms with van der Waals surface area (Å²) in [5, 5.41) is 2.62. The Kier molecular flexibility index (Phi) is 5.75. The Labute approximate surface area is 163 Å². The minimum Gasteiger partial charge on any atom is -0.482 e. The number of carbonyl (C=O) groups excluding carboxylic acids is 3. The summed E-state index contributed by atoms with van der Waals surface area (Å²) in [7, 11) is 0. The van der Waals surface area contributed by atoms with Crippen LogP contribution in [0.25, 0.3) is 0 Å². The lowest BCUT2D eigenvalue weighted by atomic mass is 10.1. The maximum Gasteiger partial charge on any atom is 0.347 e. The Morgan fingerprint density at radius 2 is 1.96 bits per heavy atom. The van der Waals surface area contributed by atoms with E-state index in [-0.39, 0.29) is 12.5 Å². The monoisotopic (exact) mass is 433 g/mol. The van der Waals surface area contributed by atoms with Crippen LogP contribution in [0, 0.1) is 0 Å². The lowest BCUT2D eigenvalue weighted by Gasteiger charge is -2.18. The molecule has 0 fully saturated rings. The lowest BCUT2D eigenvalue weighted by Crippen LogP contribution is -2.28. The number of Topliss-reactive ketones (excluding diaryl/α,β-unsaturated/α-hetero) is 1. The number of hydrogen-bond donors (Lipinski definition) is 1. The fourth-order valence-electron chi connectivity index (χ4n) is 2.36. The summed E-state index contributed by atoms with van der Waals surface area (Å²) in [6.07, 6.45) is -0.866. The standard InChI is InChI=1S/C19H16BrNO6/c1-11(27-14-5-3-13(20)4-6-14)19(24)26-9-16(22)12-2-7-17-15(8-12)21-18(23)10-25-17/h2-8,11H,9-10H2,1H3,(H,21,23). The number of carbonyl (C=O) groups is 3. The summed E-state index contributed by atoms with van der Waals surface area (Å²) in [4.78, 5) is 35.7. The average Bonchev–Trinajstić information content (AvgIpc) is 2.66. The number of nitrogens with one attached hydrogen (secondary N) is 1. The van der Waals surface area contributed by atoms with Crippen LogP contribution in [0.5, 0.6) is 11.5 Å². The minimum absolute atomic E-state index is 0.0613. The normalized spacial score (nSPS) is 13.6. The fourth-order valence-corrected chi connectivity index (χ4v) is 2.62. The van der Waals surface area contributed by atoms with Crippen molar-refractivity contribution in [2.45, 2.75) is 13.0 Å². The first-order valence-corrected chi connectivity index (χ1v) is 8.90. The number of rotatable bonds is 6. The molecule has 1 N–H and O–H groups in total. The molecule has 0 bridgehead atoms. The number of esters is 1. The Morgan fingerprint density at radius 1 is 1.22 bits per heavy atom. The van der Waals surface area contributed by atoms with Crippen LogP contribution in [0.1, 0.15) is 17.3 Å². The van der Waals surface area contributed by atoms with Crippen molar-refractivity contribution >= 4 is 39.3 Å². The maximum absolute atomic E-state index is 12.3. The van der Waals surface area contributed by atoms with Gasteiger partial charge in [0.25, 0.3) is 5.91 Å². The van der Waals surface area contributed by atoms with Crippen molar-refractivity contribution in [2.75, 3.05) is 18.5 Å². The molecule has 1 unspecified atom stereocenters. The van der Waals surface area contributed by atoms with E-state index in [1.807, 2.05) is 0 Å². The van der Waals surface area contributed by atoms with E-state index in [4.69, 9.17) is 14.2 Å². The topological polar surface area (TPSA) is 90.9 Å². The zero-order valence-electron chi connectivity index (χ0n) is 14.4. The van der Waals surface area contributed by atoms with E-state index >= 15 is 0 Å². The molecule has 3 rings (SSSR count). The number of hydrogen-bond acceptors (Lipinski definition) is 6. The van der Waals surface area contributed by atoms with Gasteiger partial charge in [0.1, 0.15) is 11.5 Å². The second kappa shape index (κ2) is 8.22. The first-order chi connectivity index (χ1) is 12.9. The fraction of sp³-hybridized carbons (Fsp3) is 0.211. The third kappa shape index (κ3) is 4.85. The molecule has 1 amide bonds. The summed E-state index contributed by atoms with van der Waals surface area (Å²) < 4.78 is 16.7. The molecular weight excluding hydrogens is 418 g/mol. The summed E-state index contributed by atoms with van der Waals surface area (Å²) >= 11 is 3.31. The van der Waals surface area contributed by atoms with E-state index in [0.29, 0.717) is 22.7 Å². The summed E-state index contributed by atoms with van der Waals surface area (Å²) in [5.41, 5.74) is 0.712. The molecule has 0 saturated heterocycles. The summed E-state index contributed by atoms with van der Waals surface area (Å²) in [5.74, 6) is -0.348. The van der Waals surface area contributed by atoms with E-state index in [1.165, 1.54) is 6.07 Å². The quantitative estimate of drug-likeness (QED) is 0.556. The van der Waals surface area contributed by atoms with Gasteiger partial charge in [0.2, 0.25) is 0 Å². The molecule has 1 heterocycles. The number of ketones is 1. The predicted octanol–water partition coefficient (Wildman–Crippen LogP) is 2.97. The highest BCUT2D eigenvalue weighted by atomic mass is 79.9. The third-order valence-electron chi connectivity index (χ3n) is 3.74. The van der Waals surface area contributed by atoms with Crippen LogP contribution < -0.4 is 14.8 Å². The van der Waals surface area contributed by atoms with Gasteiger partial charge in [0.05, 0.1) is 5.69 Å². The van der Waals surface area contributed by atoms with Crippen molar-refractivity contribution in [3.8, 4) is 11.5 Å². The highest BCUT2D eigenvalue weighted by Gasteiger charge is 2.21. The van der Waals surface area contributed by atoms with Crippen LogP contribution in [0.4, 0.5) is 5.69 Å². The van der Waals surface area contributed by atoms with Crippen LogP contribution in [0.2, 0.25) is 0 Å². The molecular formula is C19H16BrNO6. The van der Waals surface area contributed by atoms with Crippen molar-refractivity contribution < 1.29 is 28.6 Å². The highest BCUT2D eigenvalue weighted by molar-refractivity contribution is 9.10. The molecule has 0 aliphatic carbocycles. The lowest BCUT2D eigenvalue weighted by molar-refractivity contribution is -0.149. The first kappa shape index (κ1) is 18.9. The molecule has 0 aromatic heterocycles. The first-order valence-electron chi connectivity index (χ1n) is 8.11. The van der Waals surface area contributed by atoms with Crippen molar-refractivity contribution in [1.82, 2.24) is 0 Å². The van der Waals surface area contributed by atoms with Crippen LogP contribution >= 0.6 is 15.9 Å². The zero-order chi connectivity index (χ0) is 19.4. The Morgan fingerprint density at radius 3 is 2.70 bits per heavy atom. The average molecular weight is 434 g/mol. The number of anilines is 1. The number of ether oxygens (including phenoxy) is 3. The predicted molar refractivity (Wildman–Crippen MR) is 100 cm³/mol. The van der Waals surface area contributed by atoms with Gasteiger partial charge in [-0.25, -0.2) is 4.79 Å². The van der Waals surface area contributed by atoms with Gasteiger partial charge in [-0.2, -0.15) is 0 Å². The van der Waals surface area contributed by atoms with Crippen LogP contribution in [0.15, 0.2) is 46.9 Å². The van der Waals surface area contributed by atoms with Crippen molar-refractivity contribution in [3.05, 3.63) is 52.5 Å². The van der Waals surface area contributed by atoms with Gasteiger partial charge >= 0.3 is 5.97 Å². The minimum atomic E-state index is -0.866. The van der Waals surface area contributed by atoms with Crippen LogP contribution in [-0.4, -0.2) is 37.0 Å². The second-order valence-electron chi connectivity index (χ2n) is 5.79. The van der Waals surface area contributed by atoms with E-state index in [2.05, 4.69) is 21.2 Å². The molecule has 2 aromatic carbocycles. The van der Waals surface area contributed by atoms with E-state index in [1.54, 1.807) is 43.3 Å². The maximum atomic E-state index is 12.3. The van der Waals surface area contributed by atoms with Crippen molar-refractivity contribution in [2.24, 2.45) is 0 Å². The second-order valence-corrected chi connectivity index (χ2v) is 6.71. The molecule has 1 aliphatic heterocycles. The molecule has 2 aromatic rings. The molecule has 7 nitrogen and oxygen atoms in total. The number of halogens is 1. The van der Waals surface area contributed by atoms with E-state index in [0.717, 1.165) is 4.47 Å². The molecule has 8 heteroatoms. The van der Waals surface area contributed by atoms with E-state index in [9.17, 15) is 14.4 Å². The highest BCUT2D eigenvalue weighted by Crippen LogP contribution is 2.28. The molecule has 0 radical (unpaired) electrons. The number of fused-ring (bicyclic) bond motifs is 1. The van der Waals surface area contributed by atoms with Gasteiger partial charge in [-0.05, 0) is 49.4 Å². The molecule has 1 atom stereocenters. The van der Waals surface area contributed by atoms with Crippen molar-refractivity contribution in [3.63, 3.8) is 0 Å². The molecule has 1 aliphatic rings. The summed E-state index contributed by atoms with van der Waals surface area (Å²) in [6.45, 7) is 1.05. The van der Waals surface area contributed by atoms with Crippen LogP contribution in [0.3, 0.4) is 0 Å². The number of benzene rings is 2.